The van der Waals surface area contributed by atoms with E-state index >= 15 is 0 Å². The highest BCUT2D eigenvalue weighted by molar-refractivity contribution is 6.31. The van der Waals surface area contributed by atoms with Gasteiger partial charge in [0.2, 0.25) is 0 Å². The lowest BCUT2D eigenvalue weighted by Crippen LogP contribution is -2.52. The van der Waals surface area contributed by atoms with Gasteiger partial charge in [-0.15, -0.1) is 0 Å². The van der Waals surface area contributed by atoms with Crippen LogP contribution in [-0.2, 0) is 6.54 Å². The Labute approximate surface area is 180 Å². The molecule has 2 saturated heterocycles. The number of carbonyl (C=O) groups is 2. The molecule has 1 unspecified atom stereocenters. The maximum Gasteiger partial charge on any atom is 0.335 e. The lowest BCUT2D eigenvalue weighted by Gasteiger charge is -2.38. The van der Waals surface area contributed by atoms with Crippen molar-refractivity contribution in [2.24, 2.45) is 0 Å². The molecule has 3 atom stereocenters. The Morgan fingerprint density at radius 2 is 1.80 bits per heavy atom. The molecule has 158 valence electrons. The third kappa shape index (κ3) is 4.38. The molecular weight excluding hydrogens is 404 g/mol. The number of aromatic carboxylic acids is 1. The van der Waals surface area contributed by atoms with Gasteiger partial charge < -0.3 is 20.1 Å². The molecule has 2 amide bonds. The number of fused-ring (bicyclic) bond motifs is 2. The van der Waals surface area contributed by atoms with Crippen LogP contribution in [0.3, 0.4) is 0 Å². The quantitative estimate of drug-likeness (QED) is 0.727. The summed E-state index contributed by atoms with van der Waals surface area (Å²) in [5, 5.41) is 12.7. The fourth-order valence-corrected chi connectivity index (χ4v) is 4.78. The second-order valence-corrected chi connectivity index (χ2v) is 8.49. The number of halogens is 1. The number of urea groups is 1. The first-order chi connectivity index (χ1) is 14.4. The second kappa shape index (κ2) is 8.56. The monoisotopic (exact) mass is 428 g/mol. The molecule has 0 saturated carbocycles. The minimum atomic E-state index is -0.953. The minimum Gasteiger partial charge on any atom is -0.490 e. The molecule has 6 nitrogen and oxygen atoms in total. The fraction of sp³-hybridized carbons (Fsp3) is 0.391. The highest BCUT2D eigenvalue weighted by Crippen LogP contribution is 2.37. The van der Waals surface area contributed by atoms with Gasteiger partial charge in [0.25, 0.3) is 0 Å². The molecule has 2 aromatic rings. The fourth-order valence-electron chi connectivity index (χ4n) is 4.48. The Morgan fingerprint density at radius 3 is 2.40 bits per heavy atom. The predicted octanol–water partition coefficient (Wildman–Crippen LogP) is 4.63. The Morgan fingerprint density at radius 1 is 1.13 bits per heavy atom. The average molecular weight is 429 g/mol. The molecule has 2 aliphatic heterocycles. The van der Waals surface area contributed by atoms with Gasteiger partial charge in [0.1, 0.15) is 11.9 Å². The molecule has 2 heterocycles. The Bertz CT molecular complexity index is 933. The van der Waals surface area contributed by atoms with E-state index in [-0.39, 0.29) is 29.8 Å². The molecule has 0 radical (unpaired) electrons. The third-order valence-corrected chi connectivity index (χ3v) is 6.32. The van der Waals surface area contributed by atoms with Crippen LogP contribution < -0.4 is 10.1 Å². The summed E-state index contributed by atoms with van der Waals surface area (Å²) in [6, 6.07) is 12.6. The number of carboxylic acids is 1. The molecule has 0 spiro atoms. The molecule has 4 rings (SSSR count). The van der Waals surface area contributed by atoms with Crippen molar-refractivity contribution in [1.82, 2.24) is 10.2 Å². The summed E-state index contributed by atoms with van der Waals surface area (Å²) < 4.78 is 6.09. The van der Waals surface area contributed by atoms with Gasteiger partial charge >= 0.3 is 12.0 Å². The van der Waals surface area contributed by atoms with Crippen LogP contribution >= 0.6 is 11.6 Å². The summed E-state index contributed by atoms with van der Waals surface area (Å²) >= 11 is 6.28. The zero-order valence-corrected chi connectivity index (χ0v) is 17.6. The molecule has 30 heavy (non-hydrogen) atoms. The number of amides is 2. The van der Waals surface area contributed by atoms with E-state index in [0.29, 0.717) is 17.3 Å². The maximum absolute atomic E-state index is 12.9. The number of carboxylic acid groups (broad SMARTS) is 1. The standard InChI is InChI=1S/C23H25ClN2O4/c1-14-2-3-16(21(24)10-14)13-25-23(29)26-17-6-7-18(26)12-20(11-17)30-19-8-4-15(5-9-19)22(27)28/h2-5,8-10,17-18,20H,6-7,11-13H2,1H3,(H,25,29)(H,27,28)/t17-,18+,20?. The molecular formula is C23H25ClN2O4. The molecule has 0 aromatic heterocycles. The molecule has 2 fully saturated rings. The number of ether oxygens (including phenoxy) is 1. The van der Waals surface area contributed by atoms with E-state index in [4.69, 9.17) is 21.4 Å². The highest BCUT2D eigenvalue weighted by Gasteiger charge is 2.44. The Hall–Kier alpha value is -2.73. The molecule has 2 bridgehead atoms. The largest absolute Gasteiger partial charge is 0.490 e. The van der Waals surface area contributed by atoms with Crippen LogP contribution in [0.5, 0.6) is 5.75 Å². The van der Waals surface area contributed by atoms with Gasteiger partial charge in [-0.3, -0.25) is 0 Å². The van der Waals surface area contributed by atoms with Crippen LogP contribution in [0.25, 0.3) is 0 Å². The van der Waals surface area contributed by atoms with E-state index in [9.17, 15) is 9.59 Å². The normalized spacial score (nSPS) is 22.6. The average Bonchev–Trinajstić information content (AvgIpc) is 2.98. The van der Waals surface area contributed by atoms with E-state index in [0.717, 1.165) is 36.8 Å². The van der Waals surface area contributed by atoms with E-state index in [1.54, 1.807) is 24.3 Å². The number of nitrogens with one attached hydrogen (secondary N) is 1. The summed E-state index contributed by atoms with van der Waals surface area (Å²) in [7, 11) is 0. The van der Waals surface area contributed by atoms with Gasteiger partial charge in [-0.2, -0.15) is 0 Å². The number of hydrogen-bond acceptors (Lipinski definition) is 3. The van der Waals surface area contributed by atoms with Crippen LogP contribution in [0.2, 0.25) is 5.02 Å². The number of rotatable bonds is 5. The number of carbonyl (C=O) groups excluding carboxylic acids is 1. The molecule has 7 heteroatoms. The van der Waals surface area contributed by atoms with Gasteiger partial charge in [0.05, 0.1) is 5.56 Å². The summed E-state index contributed by atoms with van der Waals surface area (Å²) in [6.07, 6.45) is 3.52. The first-order valence-corrected chi connectivity index (χ1v) is 10.6. The van der Waals surface area contributed by atoms with E-state index in [2.05, 4.69) is 5.32 Å². The SMILES string of the molecule is Cc1ccc(CNC(=O)N2[C@@H]3CC[C@H]2CC(Oc2ccc(C(=O)O)cc2)C3)c(Cl)c1. The van der Waals surface area contributed by atoms with E-state index in [1.807, 2.05) is 30.0 Å². The zero-order valence-electron chi connectivity index (χ0n) is 16.8. The van der Waals surface area contributed by atoms with E-state index in [1.165, 1.54) is 0 Å². The number of piperidine rings is 1. The summed E-state index contributed by atoms with van der Waals surface area (Å²) in [6.45, 7) is 2.39. The van der Waals surface area contributed by atoms with Crippen LogP contribution in [0.15, 0.2) is 42.5 Å². The van der Waals surface area contributed by atoms with Crippen molar-refractivity contribution in [3.8, 4) is 5.75 Å². The van der Waals surface area contributed by atoms with Crippen molar-refractivity contribution < 1.29 is 19.4 Å². The van der Waals surface area contributed by atoms with Gasteiger partial charge in [-0.05, 0) is 61.2 Å². The molecule has 0 aliphatic carbocycles. The summed E-state index contributed by atoms with van der Waals surface area (Å²) in [5.74, 6) is -0.290. The van der Waals surface area contributed by atoms with Gasteiger partial charge in [-0.1, -0.05) is 23.7 Å². The molecule has 2 aromatic carbocycles. The highest BCUT2D eigenvalue weighted by atomic mass is 35.5. The van der Waals surface area contributed by atoms with Crippen LogP contribution in [0.1, 0.15) is 47.2 Å². The summed E-state index contributed by atoms with van der Waals surface area (Å²) in [4.78, 5) is 25.8. The zero-order chi connectivity index (χ0) is 21.3. The summed E-state index contributed by atoms with van der Waals surface area (Å²) in [5.41, 5.74) is 2.24. The minimum absolute atomic E-state index is 0.0220. The number of aryl methyl sites for hydroxylation is 1. The Balaban J connectivity index is 1.34. The van der Waals surface area contributed by atoms with Crippen molar-refractivity contribution >= 4 is 23.6 Å². The van der Waals surface area contributed by atoms with E-state index < -0.39 is 5.97 Å². The van der Waals surface area contributed by atoms with Crippen LogP contribution in [0, 0.1) is 6.92 Å². The Kier molecular flexibility index (Phi) is 5.86. The maximum atomic E-state index is 12.9. The first-order valence-electron chi connectivity index (χ1n) is 10.2. The number of hydrogen-bond donors (Lipinski definition) is 2. The topological polar surface area (TPSA) is 78.9 Å². The lowest BCUT2D eigenvalue weighted by molar-refractivity contribution is 0.0686. The van der Waals surface area contributed by atoms with Crippen LogP contribution in [-0.4, -0.2) is 40.2 Å². The van der Waals surface area contributed by atoms with Crippen molar-refractivity contribution in [2.75, 3.05) is 0 Å². The smallest absolute Gasteiger partial charge is 0.335 e. The number of benzene rings is 2. The van der Waals surface area contributed by atoms with Crippen LogP contribution in [0.4, 0.5) is 4.79 Å². The van der Waals surface area contributed by atoms with Crippen molar-refractivity contribution in [3.05, 3.63) is 64.2 Å². The third-order valence-electron chi connectivity index (χ3n) is 5.97. The first kappa shape index (κ1) is 20.5. The lowest BCUT2D eigenvalue weighted by atomic mass is 10.00. The second-order valence-electron chi connectivity index (χ2n) is 8.09. The van der Waals surface area contributed by atoms with Gasteiger partial charge in [0.15, 0.2) is 0 Å². The predicted molar refractivity (Wildman–Crippen MR) is 114 cm³/mol. The van der Waals surface area contributed by atoms with Crippen molar-refractivity contribution in [3.63, 3.8) is 0 Å². The van der Waals surface area contributed by atoms with Crippen molar-refractivity contribution in [1.29, 1.82) is 0 Å². The van der Waals surface area contributed by atoms with Gasteiger partial charge in [-0.25, -0.2) is 9.59 Å². The molecule has 2 N–H and O–H groups in total. The van der Waals surface area contributed by atoms with Crippen molar-refractivity contribution in [2.45, 2.75) is 57.3 Å². The number of nitrogens with zero attached hydrogens (tertiary/aromatic N) is 1. The van der Waals surface area contributed by atoms with Gasteiger partial charge in [0, 0.05) is 36.5 Å². The molecule has 2 aliphatic rings.